The number of benzene rings is 2. The summed E-state index contributed by atoms with van der Waals surface area (Å²) in [5, 5.41) is 12.8. The molecule has 0 spiro atoms. The Labute approximate surface area is 132 Å². The van der Waals surface area contributed by atoms with Gasteiger partial charge < -0.3 is 5.11 Å². The molecule has 0 heterocycles. The van der Waals surface area contributed by atoms with Crippen LogP contribution in [0.4, 0.5) is 0 Å². The van der Waals surface area contributed by atoms with Gasteiger partial charge in [-0.3, -0.25) is 0 Å². The van der Waals surface area contributed by atoms with Crippen LogP contribution in [0, 0.1) is 0 Å². The molecule has 2 nitrogen and oxygen atoms in total. The molecule has 0 aliphatic heterocycles. The second-order valence-electron chi connectivity index (χ2n) is 4.25. The van der Waals surface area contributed by atoms with Crippen molar-refractivity contribution in [3.63, 3.8) is 0 Å². The van der Waals surface area contributed by atoms with Crippen LogP contribution in [-0.4, -0.2) is 16.8 Å². The smallest absolute Gasteiger partial charge is 0.115 e. The lowest BCUT2D eigenvalue weighted by Crippen LogP contribution is -2.05. The molecule has 0 bridgehead atoms. The number of aromatic hydroxyl groups is 1. The Morgan fingerprint density at radius 3 is 2.30 bits per heavy atom. The maximum atomic E-state index is 9.37. The molecule has 0 fully saturated rings. The predicted octanol–water partition coefficient (Wildman–Crippen LogP) is 4.93. The molecule has 2 rings (SSSR count). The minimum Gasteiger partial charge on any atom is -0.508 e. The first-order valence-corrected chi connectivity index (χ1v) is 7.05. The molecule has 2 aromatic rings. The summed E-state index contributed by atoms with van der Waals surface area (Å²) in [5.74, 6) is 0.209. The van der Waals surface area contributed by atoms with E-state index < -0.39 is 0 Å². The summed E-state index contributed by atoms with van der Waals surface area (Å²) < 4.78 is 0. The van der Waals surface area contributed by atoms with Crippen molar-refractivity contribution in [2.24, 2.45) is 4.99 Å². The van der Waals surface area contributed by atoms with Crippen LogP contribution in [0.15, 0.2) is 47.5 Å². The Bertz CT molecular complexity index is 651. The van der Waals surface area contributed by atoms with Crippen LogP contribution in [0.3, 0.4) is 0 Å². The van der Waals surface area contributed by atoms with Gasteiger partial charge in [0.15, 0.2) is 0 Å². The van der Waals surface area contributed by atoms with Crippen molar-refractivity contribution in [1.29, 1.82) is 0 Å². The predicted molar refractivity (Wildman–Crippen MR) is 86.3 cm³/mol. The monoisotopic (exact) mass is 323 g/mol. The van der Waals surface area contributed by atoms with E-state index in [2.05, 4.69) is 22.4 Å². The Morgan fingerprint density at radius 2 is 1.70 bits per heavy atom. The summed E-state index contributed by atoms with van der Waals surface area (Å²) in [4.78, 5) is 4.03. The van der Waals surface area contributed by atoms with Crippen LogP contribution in [0.25, 0.3) is 0 Å². The van der Waals surface area contributed by atoms with E-state index in [0.717, 1.165) is 11.1 Å². The standard InChI is InChI=1S/C15H11Cl2NOS/c16-14-6-3-11(7-15(14)17)13(8-18-9-20)10-1-4-12(19)5-2-10/h1-7,13,19H,8H2. The van der Waals surface area contributed by atoms with Gasteiger partial charge in [0.25, 0.3) is 0 Å². The largest absolute Gasteiger partial charge is 0.508 e. The number of thiocarbonyl (C=S) groups is 1. The molecule has 0 saturated heterocycles. The summed E-state index contributed by atoms with van der Waals surface area (Å²) in [7, 11) is 0. The van der Waals surface area contributed by atoms with E-state index in [1.165, 1.54) is 0 Å². The van der Waals surface area contributed by atoms with Crippen molar-refractivity contribution < 1.29 is 5.11 Å². The lowest BCUT2D eigenvalue weighted by atomic mass is 9.91. The Balaban J connectivity index is 2.43. The fourth-order valence-electron chi connectivity index (χ4n) is 1.97. The molecule has 0 aliphatic carbocycles. The quantitative estimate of drug-likeness (QED) is 0.638. The highest BCUT2D eigenvalue weighted by molar-refractivity contribution is 7.78. The first-order chi connectivity index (χ1) is 9.61. The van der Waals surface area contributed by atoms with E-state index in [4.69, 9.17) is 23.2 Å². The number of phenols is 1. The van der Waals surface area contributed by atoms with Crippen LogP contribution in [0.1, 0.15) is 17.0 Å². The second kappa shape index (κ2) is 6.87. The van der Waals surface area contributed by atoms with E-state index in [9.17, 15) is 5.11 Å². The maximum absolute atomic E-state index is 9.37. The molecule has 1 unspecified atom stereocenters. The fraction of sp³-hybridized carbons (Fsp3) is 0.133. The van der Waals surface area contributed by atoms with Gasteiger partial charge in [-0.2, -0.15) is 0 Å². The molecule has 0 saturated carbocycles. The van der Waals surface area contributed by atoms with Crippen LogP contribution < -0.4 is 0 Å². The molecular weight excluding hydrogens is 313 g/mol. The lowest BCUT2D eigenvalue weighted by Gasteiger charge is -2.16. The highest BCUT2D eigenvalue weighted by Gasteiger charge is 2.15. The molecule has 0 aliphatic rings. The molecule has 1 N–H and O–H groups in total. The van der Waals surface area contributed by atoms with Gasteiger partial charge in [-0.1, -0.05) is 41.4 Å². The van der Waals surface area contributed by atoms with Gasteiger partial charge >= 0.3 is 0 Å². The van der Waals surface area contributed by atoms with Gasteiger partial charge in [-0.25, -0.2) is 4.99 Å². The molecule has 5 heteroatoms. The number of hydrogen-bond donors (Lipinski definition) is 1. The van der Waals surface area contributed by atoms with E-state index in [0.29, 0.717) is 16.6 Å². The highest BCUT2D eigenvalue weighted by Crippen LogP contribution is 2.31. The minimum absolute atomic E-state index is 0.0131. The van der Waals surface area contributed by atoms with E-state index >= 15 is 0 Å². The molecule has 1 atom stereocenters. The van der Waals surface area contributed by atoms with Crippen molar-refractivity contribution in [1.82, 2.24) is 0 Å². The third-order valence-corrected chi connectivity index (χ3v) is 3.85. The number of nitrogens with zero attached hydrogens (tertiary/aromatic N) is 1. The number of rotatable bonds is 4. The Kier molecular flexibility index (Phi) is 5.16. The molecule has 2 aromatic carbocycles. The number of isothiocyanates is 1. The zero-order chi connectivity index (χ0) is 14.5. The van der Waals surface area contributed by atoms with Crippen molar-refractivity contribution in [2.45, 2.75) is 5.92 Å². The van der Waals surface area contributed by atoms with Gasteiger partial charge in [0.05, 0.1) is 21.8 Å². The number of halogens is 2. The summed E-state index contributed by atoms with van der Waals surface area (Å²) in [5.41, 5.74) is 1.99. The Morgan fingerprint density at radius 1 is 1.05 bits per heavy atom. The van der Waals surface area contributed by atoms with E-state index in [-0.39, 0.29) is 11.7 Å². The number of aliphatic imine (C=N–C) groups is 1. The maximum Gasteiger partial charge on any atom is 0.115 e. The molecule has 0 aromatic heterocycles. The zero-order valence-corrected chi connectivity index (χ0v) is 12.7. The summed E-state index contributed by atoms with van der Waals surface area (Å²) in [6.07, 6.45) is 0. The minimum atomic E-state index is -0.0131. The van der Waals surface area contributed by atoms with Crippen molar-refractivity contribution in [2.75, 3.05) is 6.54 Å². The van der Waals surface area contributed by atoms with Gasteiger partial charge in [-0.15, -0.1) is 0 Å². The van der Waals surface area contributed by atoms with E-state index in [1.54, 1.807) is 18.2 Å². The van der Waals surface area contributed by atoms with Crippen LogP contribution in [0.2, 0.25) is 10.0 Å². The SMILES string of the molecule is Oc1ccc(C(CN=C=S)c2ccc(Cl)c(Cl)c2)cc1. The lowest BCUT2D eigenvalue weighted by molar-refractivity contribution is 0.475. The van der Waals surface area contributed by atoms with Crippen molar-refractivity contribution in [3.05, 3.63) is 63.6 Å². The van der Waals surface area contributed by atoms with Gasteiger partial charge in [0.2, 0.25) is 0 Å². The van der Waals surface area contributed by atoms with Crippen molar-refractivity contribution in [3.8, 4) is 5.75 Å². The molecule has 0 amide bonds. The number of hydrogen-bond acceptors (Lipinski definition) is 3. The first-order valence-electron chi connectivity index (χ1n) is 5.89. The third kappa shape index (κ3) is 3.59. The van der Waals surface area contributed by atoms with E-state index in [1.807, 2.05) is 24.3 Å². The Hall–Kier alpha value is -1.38. The normalized spacial score (nSPS) is 11.7. The molecule has 102 valence electrons. The summed E-state index contributed by atoms with van der Waals surface area (Å²) in [6.45, 7) is 0.465. The highest BCUT2D eigenvalue weighted by atomic mass is 35.5. The fourth-order valence-corrected chi connectivity index (χ4v) is 2.35. The average molecular weight is 324 g/mol. The summed E-state index contributed by atoms with van der Waals surface area (Å²) >= 11 is 16.6. The van der Waals surface area contributed by atoms with Crippen LogP contribution in [-0.2, 0) is 0 Å². The molecule has 20 heavy (non-hydrogen) atoms. The van der Waals surface area contributed by atoms with Crippen molar-refractivity contribution >= 4 is 40.6 Å². The van der Waals surface area contributed by atoms with Gasteiger partial charge in [0, 0.05) is 5.92 Å². The van der Waals surface area contributed by atoms with Gasteiger partial charge in [-0.05, 0) is 47.6 Å². The van der Waals surface area contributed by atoms with Gasteiger partial charge in [0.1, 0.15) is 5.75 Å². The number of phenolic OH excluding ortho intramolecular Hbond substituents is 1. The van der Waals surface area contributed by atoms with Crippen LogP contribution >= 0.6 is 35.4 Å². The average Bonchev–Trinajstić information content (AvgIpc) is 2.45. The molecule has 0 radical (unpaired) electrons. The first kappa shape index (κ1) is 15.0. The molecular formula is C15H11Cl2NOS. The topological polar surface area (TPSA) is 32.6 Å². The van der Waals surface area contributed by atoms with Crippen LogP contribution in [0.5, 0.6) is 5.75 Å². The zero-order valence-electron chi connectivity index (χ0n) is 10.4. The third-order valence-electron chi connectivity index (χ3n) is 2.98. The summed E-state index contributed by atoms with van der Waals surface area (Å²) in [6, 6.07) is 12.5. The second-order valence-corrected chi connectivity index (χ2v) is 5.25.